The van der Waals surface area contributed by atoms with E-state index in [1.807, 2.05) is 18.4 Å². The van der Waals surface area contributed by atoms with Gasteiger partial charge in [0, 0.05) is 4.88 Å². The second-order valence-corrected chi connectivity index (χ2v) is 3.99. The summed E-state index contributed by atoms with van der Waals surface area (Å²) in [6.07, 6.45) is 2.17. The quantitative estimate of drug-likeness (QED) is 0.771. The van der Waals surface area contributed by atoms with Gasteiger partial charge in [-0.3, -0.25) is 0 Å². The molecule has 0 saturated heterocycles. The highest BCUT2D eigenvalue weighted by atomic mass is 32.1. The molecule has 0 radical (unpaired) electrons. The summed E-state index contributed by atoms with van der Waals surface area (Å²) in [5, 5.41) is 4.41. The molecular formula is C9H16N2S. The first-order valence-electron chi connectivity index (χ1n) is 4.37. The van der Waals surface area contributed by atoms with Crippen LogP contribution >= 0.6 is 11.3 Å². The Morgan fingerprint density at radius 2 is 2.25 bits per heavy atom. The third-order valence-electron chi connectivity index (χ3n) is 1.84. The van der Waals surface area contributed by atoms with Crippen LogP contribution in [0, 0.1) is 6.92 Å². The molecule has 1 rings (SSSR count). The van der Waals surface area contributed by atoms with Crippen molar-refractivity contribution in [2.24, 2.45) is 0 Å². The molecule has 0 fully saturated rings. The van der Waals surface area contributed by atoms with E-state index >= 15 is 0 Å². The fraction of sp³-hybridized carbons (Fsp3) is 0.667. The molecule has 1 N–H and O–H groups in total. The van der Waals surface area contributed by atoms with Gasteiger partial charge in [0.2, 0.25) is 0 Å². The lowest BCUT2D eigenvalue weighted by molar-refractivity contribution is 0.794. The average molecular weight is 184 g/mol. The molecule has 1 heterocycles. The first-order chi connectivity index (χ1) is 5.77. The van der Waals surface area contributed by atoms with Crippen molar-refractivity contribution in [1.82, 2.24) is 10.3 Å². The summed E-state index contributed by atoms with van der Waals surface area (Å²) in [7, 11) is 1.98. The van der Waals surface area contributed by atoms with Gasteiger partial charge in [0.15, 0.2) is 0 Å². The smallest absolute Gasteiger partial charge is 0.0928 e. The van der Waals surface area contributed by atoms with Crippen LogP contribution in [-0.2, 0) is 12.8 Å². The van der Waals surface area contributed by atoms with Gasteiger partial charge < -0.3 is 5.32 Å². The van der Waals surface area contributed by atoms with Gasteiger partial charge in [-0.1, -0.05) is 6.92 Å². The highest BCUT2D eigenvalue weighted by Crippen LogP contribution is 2.18. The van der Waals surface area contributed by atoms with E-state index in [2.05, 4.69) is 24.1 Å². The van der Waals surface area contributed by atoms with Crippen LogP contribution in [0.25, 0.3) is 0 Å². The van der Waals surface area contributed by atoms with Crippen molar-refractivity contribution < 1.29 is 0 Å². The number of aromatic nitrogens is 1. The summed E-state index contributed by atoms with van der Waals surface area (Å²) >= 11 is 1.85. The molecule has 3 heteroatoms. The summed E-state index contributed by atoms with van der Waals surface area (Å²) in [6.45, 7) is 5.30. The Morgan fingerprint density at radius 3 is 2.75 bits per heavy atom. The maximum absolute atomic E-state index is 4.47. The van der Waals surface area contributed by atoms with Gasteiger partial charge in [-0.05, 0) is 33.4 Å². The number of likely N-dealkylation sites (N-methyl/N-ethyl adjacent to an activating group) is 1. The monoisotopic (exact) mass is 184 g/mol. The average Bonchev–Trinajstić information content (AvgIpc) is 2.43. The molecule has 1 aromatic rings. The Hall–Kier alpha value is -0.410. The molecule has 0 aliphatic rings. The van der Waals surface area contributed by atoms with Crippen molar-refractivity contribution in [3.05, 3.63) is 15.6 Å². The fourth-order valence-corrected chi connectivity index (χ4v) is 2.12. The number of hydrogen-bond donors (Lipinski definition) is 1. The van der Waals surface area contributed by atoms with Crippen molar-refractivity contribution >= 4 is 11.3 Å². The van der Waals surface area contributed by atoms with Crippen LogP contribution in [0.5, 0.6) is 0 Å². The van der Waals surface area contributed by atoms with Gasteiger partial charge in [-0.25, -0.2) is 4.98 Å². The molecule has 0 bridgehead atoms. The molecule has 68 valence electrons. The highest BCUT2D eigenvalue weighted by molar-refractivity contribution is 7.11. The van der Waals surface area contributed by atoms with Crippen molar-refractivity contribution in [2.75, 3.05) is 13.6 Å². The van der Waals surface area contributed by atoms with E-state index in [1.54, 1.807) is 0 Å². The van der Waals surface area contributed by atoms with Crippen molar-refractivity contribution in [3.8, 4) is 0 Å². The van der Waals surface area contributed by atoms with Crippen LogP contribution in [0.3, 0.4) is 0 Å². The number of thiazole rings is 1. The SMILES string of the molecule is CCc1nc(C)c(CCNC)s1. The zero-order chi connectivity index (χ0) is 8.97. The molecule has 0 aromatic carbocycles. The lowest BCUT2D eigenvalue weighted by Crippen LogP contribution is -2.09. The topological polar surface area (TPSA) is 24.9 Å². The molecular weight excluding hydrogens is 168 g/mol. The normalized spacial score (nSPS) is 10.6. The number of nitrogens with zero attached hydrogens (tertiary/aromatic N) is 1. The zero-order valence-corrected chi connectivity index (χ0v) is 8.79. The second kappa shape index (κ2) is 4.58. The molecule has 0 unspecified atom stereocenters. The molecule has 12 heavy (non-hydrogen) atoms. The molecule has 1 aromatic heterocycles. The van der Waals surface area contributed by atoms with Crippen molar-refractivity contribution in [3.63, 3.8) is 0 Å². The second-order valence-electron chi connectivity index (χ2n) is 2.82. The number of rotatable bonds is 4. The van der Waals surface area contributed by atoms with Gasteiger partial charge in [0.1, 0.15) is 0 Å². The maximum Gasteiger partial charge on any atom is 0.0928 e. The van der Waals surface area contributed by atoms with E-state index in [-0.39, 0.29) is 0 Å². The number of aryl methyl sites for hydroxylation is 2. The van der Waals surface area contributed by atoms with E-state index < -0.39 is 0 Å². The predicted molar refractivity (Wildman–Crippen MR) is 53.9 cm³/mol. The van der Waals surface area contributed by atoms with Gasteiger partial charge in [-0.15, -0.1) is 11.3 Å². The molecule has 0 amide bonds. The Bertz CT molecular complexity index is 243. The van der Waals surface area contributed by atoms with E-state index in [0.717, 1.165) is 19.4 Å². The summed E-state index contributed by atoms with van der Waals surface area (Å²) in [4.78, 5) is 5.90. The highest BCUT2D eigenvalue weighted by Gasteiger charge is 2.04. The van der Waals surface area contributed by atoms with Gasteiger partial charge >= 0.3 is 0 Å². The first-order valence-corrected chi connectivity index (χ1v) is 5.19. The summed E-state index contributed by atoms with van der Waals surface area (Å²) < 4.78 is 0. The van der Waals surface area contributed by atoms with E-state index in [0.29, 0.717) is 0 Å². The van der Waals surface area contributed by atoms with Crippen LogP contribution in [-0.4, -0.2) is 18.6 Å². The molecule has 0 aliphatic carbocycles. The maximum atomic E-state index is 4.47. The lowest BCUT2D eigenvalue weighted by atomic mass is 10.3. The minimum absolute atomic E-state index is 1.05. The van der Waals surface area contributed by atoms with Crippen LogP contribution in [0.15, 0.2) is 0 Å². The van der Waals surface area contributed by atoms with Crippen molar-refractivity contribution in [2.45, 2.75) is 26.7 Å². The Morgan fingerprint density at radius 1 is 1.50 bits per heavy atom. The standard InChI is InChI=1S/C9H16N2S/c1-4-9-11-7(2)8(12-9)5-6-10-3/h10H,4-6H2,1-3H3. The third kappa shape index (κ3) is 2.29. The summed E-state index contributed by atoms with van der Waals surface area (Å²) in [5.74, 6) is 0. The Labute approximate surface area is 78.0 Å². The molecule has 2 nitrogen and oxygen atoms in total. The summed E-state index contributed by atoms with van der Waals surface area (Å²) in [5.41, 5.74) is 1.21. The lowest BCUT2D eigenvalue weighted by Gasteiger charge is -1.95. The number of hydrogen-bond acceptors (Lipinski definition) is 3. The van der Waals surface area contributed by atoms with Crippen LogP contribution in [0.4, 0.5) is 0 Å². The largest absolute Gasteiger partial charge is 0.319 e. The van der Waals surface area contributed by atoms with Crippen molar-refractivity contribution in [1.29, 1.82) is 0 Å². The van der Waals surface area contributed by atoms with Gasteiger partial charge in [0.25, 0.3) is 0 Å². The van der Waals surface area contributed by atoms with Crippen LogP contribution in [0.2, 0.25) is 0 Å². The number of nitrogens with one attached hydrogen (secondary N) is 1. The molecule has 0 atom stereocenters. The Kier molecular flexibility index (Phi) is 3.69. The minimum atomic E-state index is 1.05. The molecule has 0 aliphatic heterocycles. The Balaban J connectivity index is 2.64. The predicted octanol–water partition coefficient (Wildman–Crippen LogP) is 1.78. The zero-order valence-electron chi connectivity index (χ0n) is 7.98. The van der Waals surface area contributed by atoms with Crippen LogP contribution in [0.1, 0.15) is 22.5 Å². The fourth-order valence-electron chi connectivity index (χ4n) is 1.11. The van der Waals surface area contributed by atoms with E-state index in [1.165, 1.54) is 15.6 Å². The van der Waals surface area contributed by atoms with Crippen LogP contribution < -0.4 is 5.32 Å². The first kappa shape index (κ1) is 9.68. The molecule has 0 saturated carbocycles. The van der Waals surface area contributed by atoms with E-state index in [9.17, 15) is 0 Å². The molecule has 0 spiro atoms. The summed E-state index contributed by atoms with van der Waals surface area (Å²) in [6, 6.07) is 0. The third-order valence-corrected chi connectivity index (χ3v) is 3.20. The van der Waals surface area contributed by atoms with E-state index in [4.69, 9.17) is 0 Å². The van der Waals surface area contributed by atoms with Gasteiger partial charge in [-0.2, -0.15) is 0 Å². The van der Waals surface area contributed by atoms with Gasteiger partial charge in [0.05, 0.1) is 10.7 Å². The minimum Gasteiger partial charge on any atom is -0.319 e.